The summed E-state index contributed by atoms with van der Waals surface area (Å²) in [5, 5.41) is 0. The molecule has 0 saturated heterocycles. The Morgan fingerprint density at radius 2 is 2.30 bits per heavy atom. The summed E-state index contributed by atoms with van der Waals surface area (Å²) in [4.78, 5) is 0. The maximum atomic E-state index is 5.06. The highest BCUT2D eigenvalue weighted by Gasteiger charge is 1.76. The van der Waals surface area contributed by atoms with E-state index in [4.69, 9.17) is 6.42 Å². The third-order valence-corrected chi connectivity index (χ3v) is 1.31. The van der Waals surface area contributed by atoms with Gasteiger partial charge in [0.2, 0.25) is 0 Å². The smallest absolute Gasteiger partial charge is 0.0270 e. The van der Waals surface area contributed by atoms with E-state index >= 15 is 0 Å². The van der Waals surface area contributed by atoms with Gasteiger partial charge >= 0.3 is 0 Å². The van der Waals surface area contributed by atoms with Gasteiger partial charge in [-0.2, -0.15) is 0 Å². The van der Waals surface area contributed by atoms with E-state index in [-0.39, 0.29) is 0 Å². The highest BCUT2D eigenvalue weighted by Crippen LogP contribution is 1.97. The predicted molar refractivity (Wildman–Crippen MR) is 46.6 cm³/mol. The van der Waals surface area contributed by atoms with Crippen LogP contribution in [-0.2, 0) is 0 Å². The lowest BCUT2D eigenvalue weighted by Crippen LogP contribution is -1.67. The quantitative estimate of drug-likeness (QED) is 0.411. The van der Waals surface area contributed by atoms with Gasteiger partial charge in [-0.15, -0.1) is 12.3 Å². The van der Waals surface area contributed by atoms with Crippen LogP contribution in [0.2, 0.25) is 0 Å². The van der Waals surface area contributed by atoms with Gasteiger partial charge in [0.05, 0.1) is 0 Å². The molecule has 0 fully saturated rings. The van der Waals surface area contributed by atoms with Gasteiger partial charge in [0.25, 0.3) is 0 Å². The molecule has 10 heavy (non-hydrogen) atoms. The number of terminal acetylenes is 1. The molecule has 0 spiro atoms. The maximum absolute atomic E-state index is 5.06. The van der Waals surface area contributed by atoms with E-state index in [2.05, 4.69) is 25.8 Å². The first-order chi connectivity index (χ1) is 4.81. The van der Waals surface area contributed by atoms with Crippen LogP contribution < -0.4 is 0 Å². The molecule has 0 rings (SSSR count). The highest BCUT2D eigenvalue weighted by molar-refractivity contribution is 5.11. The fourth-order valence-electron chi connectivity index (χ4n) is 0.486. The van der Waals surface area contributed by atoms with Crippen molar-refractivity contribution in [1.82, 2.24) is 0 Å². The molecule has 0 aliphatic heterocycles. The Kier molecular flexibility index (Phi) is 5.57. The molecule has 0 aromatic rings. The van der Waals surface area contributed by atoms with Gasteiger partial charge < -0.3 is 0 Å². The average Bonchev–Trinajstić information content (AvgIpc) is 1.98. The fraction of sp³-hybridized carbons (Fsp3) is 0.400. The minimum absolute atomic E-state index is 0.730. The summed E-state index contributed by atoms with van der Waals surface area (Å²) in [5.41, 5.74) is 1.38. The van der Waals surface area contributed by atoms with Gasteiger partial charge in [-0.1, -0.05) is 30.7 Å². The van der Waals surface area contributed by atoms with Crippen molar-refractivity contribution in [3.8, 4) is 12.3 Å². The van der Waals surface area contributed by atoms with Crippen LogP contribution in [-0.4, -0.2) is 0 Å². The van der Waals surface area contributed by atoms with Crippen LogP contribution in [0, 0.1) is 12.3 Å². The SMILES string of the molecule is C#CC/C=C\C=C(/C)CC. The molecule has 0 bridgehead atoms. The van der Waals surface area contributed by atoms with Gasteiger partial charge in [-0.05, 0) is 13.3 Å². The van der Waals surface area contributed by atoms with E-state index in [1.54, 1.807) is 0 Å². The van der Waals surface area contributed by atoms with Gasteiger partial charge in [-0.25, -0.2) is 0 Å². The zero-order valence-corrected chi connectivity index (χ0v) is 6.72. The summed E-state index contributed by atoms with van der Waals surface area (Å²) in [6.45, 7) is 4.25. The van der Waals surface area contributed by atoms with Crippen molar-refractivity contribution in [2.75, 3.05) is 0 Å². The Bertz CT molecular complexity index is 165. The third kappa shape index (κ3) is 5.18. The topological polar surface area (TPSA) is 0 Å². The summed E-state index contributed by atoms with van der Waals surface area (Å²) in [6.07, 6.45) is 13.0. The van der Waals surface area contributed by atoms with Crippen LogP contribution in [0.5, 0.6) is 0 Å². The van der Waals surface area contributed by atoms with E-state index < -0.39 is 0 Å². The first-order valence-corrected chi connectivity index (χ1v) is 3.57. The molecular formula is C10H14. The molecule has 0 heteroatoms. The maximum Gasteiger partial charge on any atom is 0.0270 e. The lowest BCUT2D eigenvalue weighted by atomic mass is 10.2. The van der Waals surface area contributed by atoms with Gasteiger partial charge in [0.1, 0.15) is 0 Å². The van der Waals surface area contributed by atoms with Gasteiger partial charge in [0.15, 0.2) is 0 Å². The number of rotatable bonds is 3. The minimum Gasteiger partial charge on any atom is -0.120 e. The number of allylic oxidation sites excluding steroid dienone is 4. The second-order valence-electron chi connectivity index (χ2n) is 2.20. The molecule has 0 aliphatic carbocycles. The standard InChI is InChI=1S/C10H14/c1-4-6-7-8-9-10(3)5-2/h1,7-9H,5-6H2,2-3H3/b8-7-,10-9+. The van der Waals surface area contributed by atoms with Crippen molar-refractivity contribution in [2.24, 2.45) is 0 Å². The first-order valence-electron chi connectivity index (χ1n) is 3.57. The third-order valence-electron chi connectivity index (χ3n) is 1.31. The van der Waals surface area contributed by atoms with E-state index in [1.165, 1.54) is 5.57 Å². The molecule has 0 amide bonds. The molecule has 0 nitrogen and oxygen atoms in total. The Hall–Kier alpha value is -0.960. The van der Waals surface area contributed by atoms with Crippen LogP contribution in [0.1, 0.15) is 26.7 Å². The Balaban J connectivity index is 3.62. The largest absolute Gasteiger partial charge is 0.120 e. The van der Waals surface area contributed by atoms with Crippen LogP contribution in [0.3, 0.4) is 0 Å². The fourth-order valence-corrected chi connectivity index (χ4v) is 0.486. The predicted octanol–water partition coefficient (Wildman–Crippen LogP) is 2.92. The van der Waals surface area contributed by atoms with Crippen molar-refractivity contribution in [1.29, 1.82) is 0 Å². The lowest BCUT2D eigenvalue weighted by Gasteiger charge is -1.87. The molecule has 0 aromatic carbocycles. The Morgan fingerprint density at radius 3 is 2.80 bits per heavy atom. The Labute approximate surface area is 63.6 Å². The number of hydrogen-bond acceptors (Lipinski definition) is 0. The minimum atomic E-state index is 0.730. The van der Waals surface area contributed by atoms with Crippen molar-refractivity contribution in [3.63, 3.8) is 0 Å². The summed E-state index contributed by atoms with van der Waals surface area (Å²) in [6, 6.07) is 0. The van der Waals surface area contributed by atoms with Crippen molar-refractivity contribution < 1.29 is 0 Å². The molecule has 0 saturated carbocycles. The summed E-state index contributed by atoms with van der Waals surface area (Å²) in [5.74, 6) is 2.54. The first kappa shape index (κ1) is 9.04. The second-order valence-corrected chi connectivity index (χ2v) is 2.20. The summed E-state index contributed by atoms with van der Waals surface area (Å²) >= 11 is 0. The number of hydrogen-bond donors (Lipinski definition) is 0. The second kappa shape index (κ2) is 6.16. The van der Waals surface area contributed by atoms with Crippen molar-refractivity contribution >= 4 is 0 Å². The van der Waals surface area contributed by atoms with Crippen molar-refractivity contribution in [2.45, 2.75) is 26.7 Å². The van der Waals surface area contributed by atoms with Crippen LogP contribution in [0.15, 0.2) is 23.8 Å². The van der Waals surface area contributed by atoms with Crippen molar-refractivity contribution in [3.05, 3.63) is 23.8 Å². The molecule has 0 N–H and O–H groups in total. The Morgan fingerprint density at radius 1 is 1.60 bits per heavy atom. The molecular weight excluding hydrogens is 120 g/mol. The van der Waals surface area contributed by atoms with Gasteiger partial charge in [-0.3, -0.25) is 0 Å². The zero-order valence-electron chi connectivity index (χ0n) is 6.72. The highest BCUT2D eigenvalue weighted by atomic mass is 13.8. The van der Waals surface area contributed by atoms with Crippen LogP contribution in [0.25, 0.3) is 0 Å². The normalized spacial score (nSPS) is 11.9. The van der Waals surface area contributed by atoms with Crippen LogP contribution in [0.4, 0.5) is 0 Å². The summed E-state index contributed by atoms with van der Waals surface area (Å²) < 4.78 is 0. The molecule has 0 radical (unpaired) electrons. The molecule has 54 valence electrons. The average molecular weight is 134 g/mol. The molecule has 0 unspecified atom stereocenters. The van der Waals surface area contributed by atoms with Crippen LogP contribution >= 0.6 is 0 Å². The zero-order chi connectivity index (χ0) is 7.82. The van der Waals surface area contributed by atoms with E-state index in [1.807, 2.05) is 12.2 Å². The molecule has 0 atom stereocenters. The lowest BCUT2D eigenvalue weighted by molar-refractivity contribution is 1.10. The molecule has 0 aromatic heterocycles. The molecule has 0 heterocycles. The van der Waals surface area contributed by atoms with E-state index in [0.717, 1.165) is 12.8 Å². The summed E-state index contributed by atoms with van der Waals surface area (Å²) in [7, 11) is 0. The monoisotopic (exact) mass is 134 g/mol. The van der Waals surface area contributed by atoms with E-state index in [9.17, 15) is 0 Å². The molecule has 0 aliphatic rings. The van der Waals surface area contributed by atoms with Gasteiger partial charge in [0, 0.05) is 6.42 Å². The van der Waals surface area contributed by atoms with E-state index in [0.29, 0.717) is 0 Å².